The van der Waals surface area contributed by atoms with Crippen LogP contribution in [0.1, 0.15) is 0 Å². The Morgan fingerprint density at radius 1 is 1.00 bits per heavy atom. The Kier molecular flexibility index (Phi) is 3.05. The Morgan fingerprint density at radius 3 is 2.73 bits per heavy atom. The number of benzene rings is 1. The molecule has 0 bridgehead atoms. The van der Waals surface area contributed by atoms with Gasteiger partial charge in [0.1, 0.15) is 5.69 Å². The summed E-state index contributed by atoms with van der Waals surface area (Å²) in [6.45, 7) is 0. The van der Waals surface area contributed by atoms with Crippen LogP contribution < -0.4 is 0 Å². The molecule has 0 aliphatic heterocycles. The molecule has 1 aromatic carbocycles. The molecular weight excluding hydrogens is 298 g/mol. The van der Waals surface area contributed by atoms with Gasteiger partial charge in [-0.05, 0) is 12.1 Å². The number of nitrogens with zero attached hydrogens (tertiary/aromatic N) is 4. The number of rotatable bonds is 2. The minimum absolute atomic E-state index is 0.550. The molecule has 22 heavy (non-hydrogen) atoms. The van der Waals surface area contributed by atoms with Crippen molar-refractivity contribution in [3.63, 3.8) is 0 Å². The van der Waals surface area contributed by atoms with E-state index >= 15 is 0 Å². The highest BCUT2D eigenvalue weighted by molar-refractivity contribution is 6.31. The standard InChI is InChI=1S/C16H10ClN5/c17-11-8-12-14(21-22-15(12)19-9-11)16-18-7-6-13(20-16)10-4-2-1-3-5-10/h1-9H,(H,19,21,22). The first-order valence-electron chi connectivity index (χ1n) is 6.70. The molecular formula is C16H10ClN5. The lowest BCUT2D eigenvalue weighted by molar-refractivity contribution is 1.07. The maximum absolute atomic E-state index is 6.02. The molecule has 3 aromatic heterocycles. The molecule has 4 rings (SSSR count). The number of hydrogen-bond acceptors (Lipinski definition) is 4. The molecule has 0 aliphatic carbocycles. The predicted octanol–water partition coefficient (Wildman–Crippen LogP) is 3.74. The summed E-state index contributed by atoms with van der Waals surface area (Å²) in [6, 6.07) is 13.6. The minimum atomic E-state index is 0.550. The Bertz CT molecular complexity index is 949. The van der Waals surface area contributed by atoms with E-state index in [0.717, 1.165) is 16.6 Å². The highest BCUT2D eigenvalue weighted by Crippen LogP contribution is 2.26. The van der Waals surface area contributed by atoms with Crippen LogP contribution >= 0.6 is 11.6 Å². The quantitative estimate of drug-likeness (QED) is 0.612. The summed E-state index contributed by atoms with van der Waals surface area (Å²) in [7, 11) is 0. The number of nitrogens with one attached hydrogen (secondary N) is 1. The smallest absolute Gasteiger partial charge is 0.181 e. The van der Waals surface area contributed by atoms with E-state index in [2.05, 4.69) is 25.1 Å². The van der Waals surface area contributed by atoms with Gasteiger partial charge in [-0.25, -0.2) is 15.0 Å². The Balaban J connectivity index is 1.87. The lowest BCUT2D eigenvalue weighted by Crippen LogP contribution is -1.92. The second kappa shape index (κ2) is 5.20. The van der Waals surface area contributed by atoms with Gasteiger partial charge in [-0.1, -0.05) is 41.9 Å². The van der Waals surface area contributed by atoms with Gasteiger partial charge in [-0.3, -0.25) is 5.10 Å². The molecule has 6 heteroatoms. The number of H-pyrrole nitrogens is 1. The van der Waals surface area contributed by atoms with Crippen LogP contribution in [0, 0.1) is 0 Å². The predicted molar refractivity (Wildman–Crippen MR) is 85.4 cm³/mol. The van der Waals surface area contributed by atoms with Crippen LogP contribution in [0.15, 0.2) is 54.9 Å². The number of fused-ring (bicyclic) bond motifs is 1. The molecule has 0 radical (unpaired) electrons. The molecule has 0 unspecified atom stereocenters. The summed E-state index contributed by atoms with van der Waals surface area (Å²) < 4.78 is 0. The topological polar surface area (TPSA) is 67.3 Å². The molecule has 0 spiro atoms. The van der Waals surface area contributed by atoms with Crippen LogP contribution in [0.25, 0.3) is 33.8 Å². The number of halogens is 1. The van der Waals surface area contributed by atoms with E-state index < -0.39 is 0 Å². The zero-order valence-corrected chi connectivity index (χ0v) is 12.1. The van der Waals surface area contributed by atoms with Crippen LogP contribution in [0.5, 0.6) is 0 Å². The third-order valence-electron chi connectivity index (χ3n) is 3.32. The van der Waals surface area contributed by atoms with Crippen molar-refractivity contribution >= 4 is 22.6 Å². The maximum Gasteiger partial charge on any atom is 0.181 e. The molecule has 0 amide bonds. The first-order valence-corrected chi connectivity index (χ1v) is 7.07. The average molecular weight is 308 g/mol. The second-order valence-electron chi connectivity index (χ2n) is 4.75. The molecule has 0 saturated heterocycles. The van der Waals surface area contributed by atoms with Crippen molar-refractivity contribution in [1.29, 1.82) is 0 Å². The van der Waals surface area contributed by atoms with Crippen molar-refractivity contribution < 1.29 is 0 Å². The van der Waals surface area contributed by atoms with E-state index in [1.165, 1.54) is 0 Å². The Hall–Kier alpha value is -2.79. The van der Waals surface area contributed by atoms with Crippen molar-refractivity contribution in [2.24, 2.45) is 0 Å². The number of aromatic nitrogens is 5. The number of aromatic amines is 1. The van der Waals surface area contributed by atoms with Crippen LogP contribution in [-0.4, -0.2) is 25.1 Å². The highest BCUT2D eigenvalue weighted by Gasteiger charge is 2.12. The molecule has 0 aliphatic rings. The number of hydrogen-bond donors (Lipinski definition) is 1. The Labute approximate surface area is 131 Å². The monoisotopic (exact) mass is 307 g/mol. The molecule has 106 valence electrons. The van der Waals surface area contributed by atoms with Crippen molar-refractivity contribution in [3.8, 4) is 22.8 Å². The summed E-state index contributed by atoms with van der Waals surface area (Å²) in [4.78, 5) is 13.1. The van der Waals surface area contributed by atoms with Crippen LogP contribution in [-0.2, 0) is 0 Å². The Morgan fingerprint density at radius 2 is 1.86 bits per heavy atom. The van der Waals surface area contributed by atoms with E-state index in [9.17, 15) is 0 Å². The third-order valence-corrected chi connectivity index (χ3v) is 3.53. The van der Waals surface area contributed by atoms with Crippen molar-refractivity contribution in [2.75, 3.05) is 0 Å². The van der Waals surface area contributed by atoms with Gasteiger partial charge in [0, 0.05) is 18.0 Å². The summed E-state index contributed by atoms with van der Waals surface area (Å²) in [6.07, 6.45) is 3.30. The normalized spacial score (nSPS) is 11.0. The van der Waals surface area contributed by atoms with Gasteiger partial charge in [0.2, 0.25) is 0 Å². The van der Waals surface area contributed by atoms with Gasteiger partial charge >= 0.3 is 0 Å². The fourth-order valence-electron chi connectivity index (χ4n) is 2.29. The zero-order chi connectivity index (χ0) is 14.9. The summed E-state index contributed by atoms with van der Waals surface area (Å²) >= 11 is 6.02. The molecule has 3 heterocycles. The maximum atomic E-state index is 6.02. The molecule has 0 atom stereocenters. The molecule has 0 fully saturated rings. The van der Waals surface area contributed by atoms with E-state index in [4.69, 9.17) is 11.6 Å². The van der Waals surface area contributed by atoms with E-state index in [1.54, 1.807) is 18.5 Å². The molecule has 5 nitrogen and oxygen atoms in total. The summed E-state index contributed by atoms with van der Waals surface area (Å²) in [5.74, 6) is 0.563. The van der Waals surface area contributed by atoms with Gasteiger partial charge in [0.25, 0.3) is 0 Å². The van der Waals surface area contributed by atoms with Crippen molar-refractivity contribution in [3.05, 3.63) is 59.9 Å². The van der Waals surface area contributed by atoms with Crippen LogP contribution in [0.3, 0.4) is 0 Å². The van der Waals surface area contributed by atoms with Crippen molar-refractivity contribution in [2.45, 2.75) is 0 Å². The van der Waals surface area contributed by atoms with E-state index in [0.29, 0.717) is 22.2 Å². The van der Waals surface area contributed by atoms with E-state index in [-0.39, 0.29) is 0 Å². The fourth-order valence-corrected chi connectivity index (χ4v) is 2.45. The minimum Gasteiger partial charge on any atom is -0.272 e. The van der Waals surface area contributed by atoms with Gasteiger partial charge in [0.15, 0.2) is 11.5 Å². The highest BCUT2D eigenvalue weighted by atomic mass is 35.5. The second-order valence-corrected chi connectivity index (χ2v) is 5.19. The van der Waals surface area contributed by atoms with Gasteiger partial charge < -0.3 is 0 Å². The van der Waals surface area contributed by atoms with Gasteiger partial charge in [0.05, 0.1) is 16.1 Å². The molecule has 0 saturated carbocycles. The zero-order valence-electron chi connectivity index (χ0n) is 11.4. The average Bonchev–Trinajstić information content (AvgIpc) is 2.99. The van der Waals surface area contributed by atoms with Crippen molar-refractivity contribution in [1.82, 2.24) is 25.1 Å². The van der Waals surface area contributed by atoms with E-state index in [1.807, 2.05) is 36.4 Å². The summed E-state index contributed by atoms with van der Waals surface area (Å²) in [5, 5.41) is 8.46. The largest absolute Gasteiger partial charge is 0.272 e. The van der Waals surface area contributed by atoms with Gasteiger partial charge in [-0.15, -0.1) is 0 Å². The first kappa shape index (κ1) is 12.9. The SMILES string of the molecule is Clc1cnc2n[nH]c(-c3nccc(-c4ccccc4)n3)c2c1. The lowest BCUT2D eigenvalue weighted by atomic mass is 10.1. The first-order chi connectivity index (χ1) is 10.8. The third kappa shape index (κ3) is 2.21. The molecule has 1 N–H and O–H groups in total. The van der Waals surface area contributed by atoms with Crippen LogP contribution in [0.2, 0.25) is 5.02 Å². The molecule has 4 aromatic rings. The van der Waals surface area contributed by atoms with Gasteiger partial charge in [-0.2, -0.15) is 5.10 Å². The summed E-state index contributed by atoms with van der Waals surface area (Å²) in [5.41, 5.74) is 3.19. The van der Waals surface area contributed by atoms with Crippen LogP contribution in [0.4, 0.5) is 0 Å². The fraction of sp³-hybridized carbons (Fsp3) is 0. The lowest BCUT2D eigenvalue weighted by Gasteiger charge is -2.03. The number of pyridine rings is 1.